The summed E-state index contributed by atoms with van der Waals surface area (Å²) in [6.07, 6.45) is 0. The summed E-state index contributed by atoms with van der Waals surface area (Å²) in [5.41, 5.74) is 3.33. The van der Waals surface area contributed by atoms with Gasteiger partial charge >= 0.3 is 0 Å². The third kappa shape index (κ3) is 2.72. The molecule has 0 unspecified atom stereocenters. The van der Waals surface area contributed by atoms with Gasteiger partial charge in [0.25, 0.3) is 0 Å². The van der Waals surface area contributed by atoms with E-state index in [1.165, 1.54) is 5.56 Å². The molecule has 0 aliphatic rings. The summed E-state index contributed by atoms with van der Waals surface area (Å²) < 4.78 is 7.36. The lowest BCUT2D eigenvalue weighted by atomic mass is 10.2. The normalized spacial score (nSPS) is 10.5. The number of ether oxygens (including phenoxy) is 1. The van der Waals surface area contributed by atoms with Crippen molar-refractivity contribution in [3.05, 3.63) is 59.7 Å². The van der Waals surface area contributed by atoms with Gasteiger partial charge in [-0.3, -0.25) is 4.68 Å². The molecule has 4 heteroatoms. The molecule has 0 amide bonds. The number of rotatable bonds is 4. The molecule has 2 aromatic carbocycles. The third-order valence-electron chi connectivity index (χ3n) is 3.32. The fraction of sp³-hybridized carbons (Fsp3) is 0.176. The van der Waals surface area contributed by atoms with E-state index in [1.807, 2.05) is 48.0 Å². The Balaban J connectivity index is 2.04. The second-order valence-corrected chi connectivity index (χ2v) is 4.92. The van der Waals surface area contributed by atoms with Gasteiger partial charge < -0.3 is 4.74 Å². The predicted octanol–water partition coefficient (Wildman–Crippen LogP) is 3.30. The van der Waals surface area contributed by atoms with Crippen molar-refractivity contribution in [3.63, 3.8) is 0 Å². The molecule has 0 radical (unpaired) electrons. The number of aromatic nitrogens is 2. The van der Waals surface area contributed by atoms with Crippen molar-refractivity contribution >= 4 is 10.9 Å². The number of aryl methyl sites for hydroxylation is 1. The molecule has 0 aliphatic carbocycles. The van der Waals surface area contributed by atoms with Crippen LogP contribution in [0.25, 0.3) is 10.9 Å². The Morgan fingerprint density at radius 3 is 2.76 bits per heavy atom. The predicted molar refractivity (Wildman–Crippen MR) is 81.1 cm³/mol. The lowest BCUT2D eigenvalue weighted by Crippen LogP contribution is -2.02. The summed E-state index contributed by atoms with van der Waals surface area (Å²) in [5.74, 6) is 0.520. The van der Waals surface area contributed by atoms with Crippen LogP contribution in [0, 0.1) is 18.3 Å². The molecular weight excluding hydrogens is 262 g/mol. The lowest BCUT2D eigenvalue weighted by molar-refractivity contribution is 0.351. The van der Waals surface area contributed by atoms with Crippen LogP contribution in [0.3, 0.4) is 0 Å². The second-order valence-electron chi connectivity index (χ2n) is 4.92. The molecule has 3 aromatic rings. The van der Waals surface area contributed by atoms with Crippen LogP contribution in [-0.2, 0) is 6.54 Å². The SMILES string of the molecule is Cc1ccc2c(c1)c(OCC#N)nn2Cc1ccccc1. The average Bonchev–Trinajstić information content (AvgIpc) is 2.83. The minimum absolute atomic E-state index is 0.00535. The van der Waals surface area contributed by atoms with Gasteiger partial charge in [-0.2, -0.15) is 5.26 Å². The molecule has 21 heavy (non-hydrogen) atoms. The second kappa shape index (κ2) is 5.68. The van der Waals surface area contributed by atoms with Crippen LogP contribution >= 0.6 is 0 Å². The van der Waals surface area contributed by atoms with Crippen LogP contribution in [-0.4, -0.2) is 16.4 Å². The molecule has 0 fully saturated rings. The van der Waals surface area contributed by atoms with Gasteiger partial charge in [0.15, 0.2) is 6.61 Å². The molecule has 4 nitrogen and oxygen atoms in total. The van der Waals surface area contributed by atoms with E-state index < -0.39 is 0 Å². The Bertz CT molecular complexity index is 800. The average molecular weight is 277 g/mol. The Morgan fingerprint density at radius 1 is 1.19 bits per heavy atom. The largest absolute Gasteiger partial charge is 0.461 e. The summed E-state index contributed by atoms with van der Waals surface area (Å²) in [7, 11) is 0. The van der Waals surface area contributed by atoms with Crippen molar-refractivity contribution in [1.82, 2.24) is 9.78 Å². The van der Waals surface area contributed by atoms with Crippen molar-refractivity contribution in [3.8, 4) is 11.9 Å². The maximum atomic E-state index is 8.69. The van der Waals surface area contributed by atoms with Crippen LogP contribution < -0.4 is 4.74 Å². The van der Waals surface area contributed by atoms with Crippen LogP contribution in [0.5, 0.6) is 5.88 Å². The highest BCUT2D eigenvalue weighted by molar-refractivity contribution is 5.85. The Labute approximate surface area is 123 Å². The molecule has 0 spiro atoms. The minimum atomic E-state index is 0.00535. The summed E-state index contributed by atoms with van der Waals surface area (Å²) >= 11 is 0. The maximum absolute atomic E-state index is 8.69. The third-order valence-corrected chi connectivity index (χ3v) is 3.32. The Kier molecular flexibility index (Phi) is 3.57. The van der Waals surface area contributed by atoms with E-state index in [0.29, 0.717) is 12.4 Å². The number of nitriles is 1. The first-order valence-electron chi connectivity index (χ1n) is 6.79. The molecule has 0 saturated heterocycles. The molecule has 1 aromatic heterocycles. The fourth-order valence-corrected chi connectivity index (χ4v) is 2.35. The molecule has 0 bridgehead atoms. The smallest absolute Gasteiger partial charge is 0.241 e. The van der Waals surface area contributed by atoms with E-state index in [0.717, 1.165) is 16.5 Å². The summed E-state index contributed by atoms with van der Waals surface area (Å²) in [5, 5.41) is 14.1. The van der Waals surface area contributed by atoms with Crippen LogP contribution in [0.2, 0.25) is 0 Å². The molecule has 0 aliphatic heterocycles. The van der Waals surface area contributed by atoms with Crippen molar-refractivity contribution in [2.75, 3.05) is 6.61 Å². The number of nitrogens with zero attached hydrogens (tertiary/aromatic N) is 3. The zero-order chi connectivity index (χ0) is 14.7. The standard InChI is InChI=1S/C17H15N3O/c1-13-7-8-16-15(11-13)17(21-10-9-18)19-20(16)12-14-5-3-2-4-6-14/h2-8,11H,10,12H2,1H3. The number of hydrogen-bond donors (Lipinski definition) is 0. The minimum Gasteiger partial charge on any atom is -0.461 e. The molecule has 0 atom stereocenters. The quantitative estimate of drug-likeness (QED) is 0.735. The van der Waals surface area contributed by atoms with Crippen molar-refractivity contribution in [2.24, 2.45) is 0 Å². The van der Waals surface area contributed by atoms with E-state index in [2.05, 4.69) is 23.3 Å². The summed E-state index contributed by atoms with van der Waals surface area (Å²) in [6.45, 7) is 2.71. The Hall–Kier alpha value is -2.80. The van der Waals surface area contributed by atoms with Crippen molar-refractivity contribution in [2.45, 2.75) is 13.5 Å². The monoisotopic (exact) mass is 277 g/mol. The van der Waals surface area contributed by atoms with Crippen molar-refractivity contribution in [1.29, 1.82) is 5.26 Å². The van der Waals surface area contributed by atoms with Gasteiger partial charge in [0.1, 0.15) is 6.07 Å². The van der Waals surface area contributed by atoms with Gasteiger partial charge in [-0.1, -0.05) is 42.0 Å². The van der Waals surface area contributed by atoms with E-state index in [-0.39, 0.29) is 6.61 Å². The topological polar surface area (TPSA) is 50.8 Å². The van der Waals surface area contributed by atoms with E-state index >= 15 is 0 Å². The highest BCUT2D eigenvalue weighted by Crippen LogP contribution is 2.26. The highest BCUT2D eigenvalue weighted by Gasteiger charge is 2.12. The number of benzene rings is 2. The van der Waals surface area contributed by atoms with Gasteiger partial charge in [0, 0.05) is 0 Å². The van der Waals surface area contributed by atoms with Crippen LogP contribution in [0.1, 0.15) is 11.1 Å². The zero-order valence-corrected chi connectivity index (χ0v) is 11.8. The van der Waals surface area contributed by atoms with Crippen molar-refractivity contribution < 1.29 is 4.74 Å². The van der Waals surface area contributed by atoms with Gasteiger partial charge in [-0.15, -0.1) is 5.10 Å². The summed E-state index contributed by atoms with van der Waals surface area (Å²) in [4.78, 5) is 0. The molecule has 104 valence electrons. The lowest BCUT2D eigenvalue weighted by Gasteiger charge is -2.03. The first-order chi connectivity index (χ1) is 10.3. The van der Waals surface area contributed by atoms with Gasteiger partial charge in [0.05, 0.1) is 17.4 Å². The van der Waals surface area contributed by atoms with Gasteiger partial charge in [-0.25, -0.2) is 0 Å². The molecule has 3 rings (SSSR count). The fourth-order valence-electron chi connectivity index (χ4n) is 2.35. The maximum Gasteiger partial charge on any atom is 0.241 e. The van der Waals surface area contributed by atoms with Crippen LogP contribution in [0.4, 0.5) is 0 Å². The van der Waals surface area contributed by atoms with Crippen LogP contribution in [0.15, 0.2) is 48.5 Å². The van der Waals surface area contributed by atoms with E-state index in [1.54, 1.807) is 0 Å². The number of fused-ring (bicyclic) bond motifs is 1. The molecule has 0 saturated carbocycles. The van der Waals surface area contributed by atoms with E-state index in [4.69, 9.17) is 10.00 Å². The van der Waals surface area contributed by atoms with Gasteiger partial charge in [-0.05, 0) is 24.6 Å². The first kappa shape index (κ1) is 13.2. The summed E-state index contributed by atoms with van der Waals surface area (Å²) in [6, 6.07) is 18.3. The molecule has 1 heterocycles. The van der Waals surface area contributed by atoms with Gasteiger partial charge in [0.2, 0.25) is 5.88 Å². The Morgan fingerprint density at radius 2 is 2.00 bits per heavy atom. The first-order valence-corrected chi connectivity index (χ1v) is 6.79. The molecular formula is C17H15N3O. The van der Waals surface area contributed by atoms with E-state index in [9.17, 15) is 0 Å². The number of hydrogen-bond acceptors (Lipinski definition) is 3. The molecule has 0 N–H and O–H groups in total. The zero-order valence-electron chi connectivity index (χ0n) is 11.8. The highest BCUT2D eigenvalue weighted by atomic mass is 16.5.